The molecular formula is C12H24N2O3. The molecule has 0 aromatic rings. The van der Waals surface area contributed by atoms with Gasteiger partial charge in [0.25, 0.3) is 0 Å². The van der Waals surface area contributed by atoms with Crippen molar-refractivity contribution in [1.82, 2.24) is 10.2 Å². The Kier molecular flexibility index (Phi) is 6.96. The van der Waals surface area contributed by atoms with Gasteiger partial charge in [-0.3, -0.25) is 4.90 Å². The topological polar surface area (TPSA) is 50.8 Å². The van der Waals surface area contributed by atoms with Gasteiger partial charge in [-0.05, 0) is 12.8 Å². The van der Waals surface area contributed by atoms with Crippen LogP contribution in [0.4, 0.5) is 4.79 Å². The standard InChI is InChI=1S/C12H24N2O3/c1-3-5-9-16-12(17-10-6-4-2)14-8-7-13-11(14)15/h12H,3-10H2,1-2H3,(H,13,15). The Balaban J connectivity index is 2.36. The fraction of sp³-hybridized carbons (Fsp3) is 0.917. The van der Waals surface area contributed by atoms with Gasteiger partial charge in [-0.1, -0.05) is 26.7 Å². The van der Waals surface area contributed by atoms with Gasteiger partial charge >= 0.3 is 6.03 Å². The lowest BCUT2D eigenvalue weighted by atomic mass is 10.4. The van der Waals surface area contributed by atoms with Gasteiger partial charge in [-0.2, -0.15) is 0 Å². The summed E-state index contributed by atoms with van der Waals surface area (Å²) in [5.41, 5.74) is 0. The highest BCUT2D eigenvalue weighted by Gasteiger charge is 2.28. The number of hydrogen-bond donors (Lipinski definition) is 1. The van der Waals surface area contributed by atoms with Crippen LogP contribution in [0, 0.1) is 0 Å². The average molecular weight is 244 g/mol. The Labute approximate surface area is 103 Å². The summed E-state index contributed by atoms with van der Waals surface area (Å²) >= 11 is 0. The minimum absolute atomic E-state index is 0.0944. The summed E-state index contributed by atoms with van der Waals surface area (Å²) in [4.78, 5) is 13.2. The van der Waals surface area contributed by atoms with Crippen LogP contribution in [-0.4, -0.2) is 43.6 Å². The lowest BCUT2D eigenvalue weighted by molar-refractivity contribution is -0.205. The SMILES string of the molecule is CCCCOC(OCCCC)N1CCNC1=O. The fourth-order valence-corrected chi connectivity index (χ4v) is 1.57. The summed E-state index contributed by atoms with van der Waals surface area (Å²) in [6.07, 6.45) is 3.61. The maximum atomic E-state index is 11.5. The van der Waals surface area contributed by atoms with E-state index in [1.807, 2.05) is 0 Å². The van der Waals surface area contributed by atoms with Gasteiger partial charge in [0.05, 0.1) is 13.2 Å². The van der Waals surface area contributed by atoms with Gasteiger partial charge in [0.2, 0.25) is 6.41 Å². The van der Waals surface area contributed by atoms with Gasteiger partial charge in [-0.25, -0.2) is 4.79 Å². The number of amides is 2. The van der Waals surface area contributed by atoms with E-state index in [1.165, 1.54) is 0 Å². The molecule has 1 heterocycles. The van der Waals surface area contributed by atoms with Crippen LogP contribution in [0.15, 0.2) is 0 Å². The number of carbonyl (C=O) groups is 1. The van der Waals surface area contributed by atoms with E-state index >= 15 is 0 Å². The summed E-state index contributed by atoms with van der Waals surface area (Å²) in [6, 6.07) is -0.0944. The van der Waals surface area contributed by atoms with Crippen molar-refractivity contribution in [2.75, 3.05) is 26.3 Å². The lowest BCUT2D eigenvalue weighted by Gasteiger charge is -2.26. The second kappa shape index (κ2) is 8.31. The van der Waals surface area contributed by atoms with Crippen molar-refractivity contribution in [3.63, 3.8) is 0 Å². The minimum atomic E-state index is -0.518. The molecule has 0 aromatic heterocycles. The normalized spacial score (nSPS) is 15.7. The molecule has 17 heavy (non-hydrogen) atoms. The predicted molar refractivity (Wildman–Crippen MR) is 65.6 cm³/mol. The summed E-state index contributed by atoms with van der Waals surface area (Å²) in [7, 11) is 0. The first-order valence-corrected chi connectivity index (χ1v) is 6.57. The molecule has 0 saturated carbocycles. The largest absolute Gasteiger partial charge is 0.336 e. The van der Waals surface area contributed by atoms with E-state index in [9.17, 15) is 4.79 Å². The van der Waals surface area contributed by atoms with Crippen molar-refractivity contribution in [1.29, 1.82) is 0 Å². The third-order valence-electron chi connectivity index (χ3n) is 2.66. The van der Waals surface area contributed by atoms with Crippen molar-refractivity contribution in [3.05, 3.63) is 0 Å². The maximum Gasteiger partial charge on any atom is 0.321 e. The molecule has 100 valence electrons. The monoisotopic (exact) mass is 244 g/mol. The molecule has 1 fully saturated rings. The number of unbranched alkanes of at least 4 members (excludes halogenated alkanes) is 2. The summed E-state index contributed by atoms with van der Waals surface area (Å²) in [6.45, 7) is 6.82. The van der Waals surface area contributed by atoms with E-state index in [1.54, 1.807) is 4.90 Å². The van der Waals surface area contributed by atoms with Gasteiger partial charge in [0.1, 0.15) is 0 Å². The van der Waals surface area contributed by atoms with Crippen LogP contribution in [0.2, 0.25) is 0 Å². The fourth-order valence-electron chi connectivity index (χ4n) is 1.57. The number of rotatable bonds is 9. The Morgan fingerprint density at radius 2 is 1.82 bits per heavy atom. The van der Waals surface area contributed by atoms with E-state index in [-0.39, 0.29) is 6.03 Å². The van der Waals surface area contributed by atoms with Crippen LogP contribution in [0.5, 0.6) is 0 Å². The van der Waals surface area contributed by atoms with Crippen molar-refractivity contribution in [2.24, 2.45) is 0 Å². The molecule has 0 unspecified atom stereocenters. The summed E-state index contributed by atoms with van der Waals surface area (Å²) < 4.78 is 11.3. The van der Waals surface area contributed by atoms with Gasteiger partial charge < -0.3 is 14.8 Å². The number of nitrogens with zero attached hydrogens (tertiary/aromatic N) is 1. The van der Waals surface area contributed by atoms with Gasteiger partial charge in [0.15, 0.2) is 0 Å². The van der Waals surface area contributed by atoms with Crippen LogP contribution >= 0.6 is 0 Å². The average Bonchev–Trinajstić information content (AvgIpc) is 2.74. The number of hydrogen-bond acceptors (Lipinski definition) is 3. The van der Waals surface area contributed by atoms with Crippen molar-refractivity contribution < 1.29 is 14.3 Å². The highest BCUT2D eigenvalue weighted by atomic mass is 16.7. The summed E-state index contributed by atoms with van der Waals surface area (Å²) in [5, 5.41) is 2.76. The minimum Gasteiger partial charge on any atom is -0.336 e. The smallest absolute Gasteiger partial charge is 0.321 e. The number of nitrogens with one attached hydrogen (secondary N) is 1. The van der Waals surface area contributed by atoms with Crippen molar-refractivity contribution in [3.8, 4) is 0 Å². The van der Waals surface area contributed by atoms with E-state index in [4.69, 9.17) is 9.47 Å². The first-order chi connectivity index (χ1) is 8.29. The van der Waals surface area contributed by atoms with E-state index < -0.39 is 6.41 Å². The maximum absolute atomic E-state index is 11.5. The molecule has 5 heteroatoms. The molecular weight excluding hydrogens is 220 g/mol. The first-order valence-electron chi connectivity index (χ1n) is 6.57. The molecule has 0 atom stereocenters. The Morgan fingerprint density at radius 1 is 1.24 bits per heavy atom. The van der Waals surface area contributed by atoms with E-state index in [0.29, 0.717) is 26.3 Å². The van der Waals surface area contributed by atoms with E-state index in [0.717, 1.165) is 25.7 Å². The zero-order valence-corrected chi connectivity index (χ0v) is 10.9. The first kappa shape index (κ1) is 14.3. The molecule has 0 radical (unpaired) electrons. The third kappa shape index (κ3) is 4.91. The zero-order chi connectivity index (χ0) is 12.5. The van der Waals surface area contributed by atoms with Crippen LogP contribution in [0.3, 0.4) is 0 Å². The van der Waals surface area contributed by atoms with Gasteiger partial charge in [-0.15, -0.1) is 0 Å². The Morgan fingerprint density at radius 3 is 2.24 bits per heavy atom. The highest BCUT2D eigenvalue weighted by Crippen LogP contribution is 2.09. The molecule has 1 aliphatic heterocycles. The lowest BCUT2D eigenvalue weighted by Crippen LogP contribution is -2.42. The van der Waals surface area contributed by atoms with Crippen molar-refractivity contribution in [2.45, 2.75) is 45.9 Å². The van der Waals surface area contributed by atoms with Crippen LogP contribution in [-0.2, 0) is 9.47 Å². The van der Waals surface area contributed by atoms with E-state index in [2.05, 4.69) is 19.2 Å². The number of urea groups is 1. The second-order valence-corrected chi connectivity index (χ2v) is 4.18. The molecule has 0 bridgehead atoms. The molecule has 1 aliphatic rings. The quantitative estimate of drug-likeness (QED) is 0.498. The summed E-state index contributed by atoms with van der Waals surface area (Å²) in [5.74, 6) is 0. The van der Waals surface area contributed by atoms with Crippen molar-refractivity contribution >= 4 is 6.03 Å². The van der Waals surface area contributed by atoms with Gasteiger partial charge in [0, 0.05) is 13.1 Å². The molecule has 0 aromatic carbocycles. The van der Waals surface area contributed by atoms with Crippen LogP contribution < -0.4 is 5.32 Å². The second-order valence-electron chi connectivity index (χ2n) is 4.18. The zero-order valence-electron chi connectivity index (χ0n) is 10.9. The molecule has 1 rings (SSSR count). The highest BCUT2D eigenvalue weighted by molar-refractivity contribution is 5.76. The molecule has 1 N–H and O–H groups in total. The third-order valence-corrected chi connectivity index (χ3v) is 2.66. The molecule has 2 amide bonds. The number of carbonyl (C=O) groups excluding carboxylic acids is 1. The Bertz CT molecular complexity index is 214. The molecule has 0 aliphatic carbocycles. The van der Waals surface area contributed by atoms with Crippen LogP contribution in [0.25, 0.3) is 0 Å². The van der Waals surface area contributed by atoms with Crippen LogP contribution in [0.1, 0.15) is 39.5 Å². The molecule has 1 saturated heterocycles. The molecule has 0 spiro atoms. The predicted octanol–water partition coefficient (Wildman–Crippen LogP) is 1.93. The molecule has 5 nitrogen and oxygen atoms in total. The Hall–Kier alpha value is -0.810. The number of ether oxygens (including phenoxy) is 2.